The second kappa shape index (κ2) is 9.92. The lowest BCUT2D eigenvalue weighted by molar-refractivity contribution is -0.145. The molecule has 0 saturated heterocycles. The average Bonchev–Trinajstić information content (AvgIpc) is 2.40. The Morgan fingerprint density at radius 2 is 1.59 bits per heavy atom. The number of hydrogen-bond donors (Lipinski definition) is 2. The van der Waals surface area contributed by atoms with Crippen LogP contribution in [-0.4, -0.2) is 42.8 Å². The Morgan fingerprint density at radius 1 is 1.00 bits per heavy atom. The summed E-state index contributed by atoms with van der Waals surface area (Å²) in [6.45, 7) is 6.59. The first-order valence-corrected chi connectivity index (χ1v) is 7.32. The Kier molecular flexibility index (Phi) is 9.05. The van der Waals surface area contributed by atoms with Gasteiger partial charge in [-0.15, -0.1) is 0 Å². The smallest absolute Gasteiger partial charge is 0.328 e. The minimum Gasteiger partial charge on any atom is -0.467 e. The molecule has 0 fully saturated rings. The van der Waals surface area contributed by atoms with Crippen molar-refractivity contribution in [3.63, 3.8) is 0 Å². The van der Waals surface area contributed by atoms with Gasteiger partial charge in [-0.05, 0) is 25.7 Å². The van der Waals surface area contributed by atoms with E-state index >= 15 is 0 Å². The summed E-state index contributed by atoms with van der Waals surface area (Å²) in [5, 5.41) is 5.12. The first kappa shape index (κ1) is 20.1. The number of nitrogens with one attached hydrogen (secondary N) is 2. The van der Waals surface area contributed by atoms with Crippen molar-refractivity contribution in [3.05, 3.63) is 0 Å². The summed E-state index contributed by atoms with van der Waals surface area (Å²) >= 11 is 0. The highest BCUT2D eigenvalue weighted by Gasteiger charge is 2.27. The van der Waals surface area contributed by atoms with Gasteiger partial charge in [0.25, 0.3) is 0 Å². The van der Waals surface area contributed by atoms with Crippen LogP contribution in [0.25, 0.3) is 0 Å². The number of carbonyl (C=O) groups excluding carboxylic acids is 4. The van der Waals surface area contributed by atoms with E-state index in [-0.39, 0.29) is 30.4 Å². The molecule has 22 heavy (non-hydrogen) atoms. The third-order valence-electron chi connectivity index (χ3n) is 2.99. The zero-order chi connectivity index (χ0) is 17.3. The molecule has 0 aliphatic heterocycles. The number of ether oxygens (including phenoxy) is 1. The maximum Gasteiger partial charge on any atom is 0.328 e. The van der Waals surface area contributed by atoms with Gasteiger partial charge in [0.05, 0.1) is 7.11 Å². The fraction of sp³-hybridized carbons (Fsp3) is 0.733. The molecule has 2 N–H and O–H groups in total. The van der Waals surface area contributed by atoms with Crippen LogP contribution in [0.5, 0.6) is 0 Å². The van der Waals surface area contributed by atoms with Crippen LogP contribution in [-0.2, 0) is 23.9 Å². The van der Waals surface area contributed by atoms with Crippen LogP contribution in [0, 0.1) is 5.92 Å². The summed E-state index contributed by atoms with van der Waals surface area (Å²) in [6, 6.07) is -1.62. The highest BCUT2D eigenvalue weighted by Crippen LogP contribution is 2.07. The molecule has 0 radical (unpaired) electrons. The molecule has 0 heterocycles. The Labute approximate surface area is 131 Å². The normalized spacial score (nSPS) is 13.2. The van der Waals surface area contributed by atoms with E-state index in [0.29, 0.717) is 6.42 Å². The number of rotatable bonds is 9. The molecule has 0 aromatic heterocycles. The minimum absolute atomic E-state index is 0.0799. The molecule has 0 bridgehead atoms. The van der Waals surface area contributed by atoms with Crippen LogP contribution in [0.4, 0.5) is 0 Å². The molecule has 0 spiro atoms. The SMILES string of the molecule is COC(=O)[C@@H](CCC(C)=O)NC(=O)[C@H](CC(C)C)NC(C)=O. The summed E-state index contributed by atoms with van der Waals surface area (Å²) in [6.07, 6.45) is 0.781. The van der Waals surface area contributed by atoms with Gasteiger partial charge >= 0.3 is 5.97 Å². The van der Waals surface area contributed by atoms with Crippen LogP contribution in [0.3, 0.4) is 0 Å². The Bertz CT molecular complexity index is 420. The van der Waals surface area contributed by atoms with E-state index in [1.807, 2.05) is 13.8 Å². The minimum atomic E-state index is -0.898. The highest BCUT2D eigenvalue weighted by atomic mass is 16.5. The lowest BCUT2D eigenvalue weighted by Crippen LogP contribution is -2.52. The van der Waals surface area contributed by atoms with E-state index in [1.54, 1.807) is 0 Å². The molecule has 2 amide bonds. The fourth-order valence-corrected chi connectivity index (χ4v) is 1.96. The fourth-order valence-electron chi connectivity index (χ4n) is 1.96. The zero-order valence-electron chi connectivity index (χ0n) is 13.9. The van der Waals surface area contributed by atoms with Crippen molar-refractivity contribution in [2.45, 2.75) is 59.0 Å². The van der Waals surface area contributed by atoms with Gasteiger partial charge in [0.15, 0.2) is 0 Å². The predicted octanol–water partition coefficient (Wildman–Crippen LogP) is 0.564. The van der Waals surface area contributed by atoms with Gasteiger partial charge in [-0.1, -0.05) is 13.8 Å². The summed E-state index contributed by atoms with van der Waals surface area (Å²) in [4.78, 5) is 46.2. The Morgan fingerprint density at radius 3 is 2.00 bits per heavy atom. The van der Waals surface area contributed by atoms with Crippen LogP contribution in [0.1, 0.15) is 47.0 Å². The van der Waals surface area contributed by atoms with Crippen molar-refractivity contribution in [2.24, 2.45) is 5.92 Å². The molecular weight excluding hydrogens is 288 g/mol. The number of carbonyl (C=O) groups is 4. The quantitative estimate of drug-likeness (QED) is 0.606. The van der Waals surface area contributed by atoms with Crippen molar-refractivity contribution in [2.75, 3.05) is 7.11 Å². The van der Waals surface area contributed by atoms with Gasteiger partial charge in [0, 0.05) is 13.3 Å². The molecule has 2 atom stereocenters. The third-order valence-corrected chi connectivity index (χ3v) is 2.99. The molecule has 0 unspecified atom stereocenters. The number of ketones is 1. The second-order valence-corrected chi connectivity index (χ2v) is 5.71. The van der Waals surface area contributed by atoms with Crippen LogP contribution in [0.2, 0.25) is 0 Å². The second-order valence-electron chi connectivity index (χ2n) is 5.71. The zero-order valence-corrected chi connectivity index (χ0v) is 13.9. The molecule has 0 rings (SSSR count). The maximum absolute atomic E-state index is 12.3. The van der Waals surface area contributed by atoms with E-state index in [2.05, 4.69) is 15.4 Å². The van der Waals surface area contributed by atoms with Gasteiger partial charge in [0.1, 0.15) is 17.9 Å². The Hall–Kier alpha value is -1.92. The molecule has 126 valence electrons. The van der Waals surface area contributed by atoms with Crippen molar-refractivity contribution < 1.29 is 23.9 Å². The number of Topliss-reactive ketones (excluding diaryl/α,β-unsaturated/α-hetero) is 1. The number of hydrogen-bond acceptors (Lipinski definition) is 5. The topological polar surface area (TPSA) is 102 Å². The molecule has 7 nitrogen and oxygen atoms in total. The standard InChI is InChI=1S/C15H26N2O5/c1-9(2)8-13(16-11(4)19)14(20)17-12(15(21)22-5)7-6-10(3)18/h9,12-13H,6-8H2,1-5H3,(H,16,19)(H,17,20)/t12-,13+/m1/s1. The molecule has 0 aromatic rings. The monoisotopic (exact) mass is 314 g/mol. The van der Waals surface area contributed by atoms with Gasteiger partial charge < -0.3 is 20.2 Å². The molecule has 0 aromatic carbocycles. The summed E-state index contributed by atoms with van der Waals surface area (Å²) in [7, 11) is 1.22. The Balaban J connectivity index is 4.88. The van der Waals surface area contributed by atoms with E-state index in [0.717, 1.165) is 0 Å². The van der Waals surface area contributed by atoms with Crippen LogP contribution >= 0.6 is 0 Å². The van der Waals surface area contributed by atoms with Crippen molar-refractivity contribution in [1.29, 1.82) is 0 Å². The van der Waals surface area contributed by atoms with Gasteiger partial charge in [-0.3, -0.25) is 9.59 Å². The van der Waals surface area contributed by atoms with Crippen LogP contribution in [0.15, 0.2) is 0 Å². The van der Waals surface area contributed by atoms with Crippen molar-refractivity contribution in [3.8, 4) is 0 Å². The lowest BCUT2D eigenvalue weighted by Gasteiger charge is -2.22. The molecule has 0 aliphatic rings. The molecule has 0 aliphatic carbocycles. The van der Waals surface area contributed by atoms with E-state index < -0.39 is 24.0 Å². The number of amides is 2. The molecule has 0 saturated carbocycles. The van der Waals surface area contributed by atoms with E-state index in [4.69, 9.17) is 0 Å². The van der Waals surface area contributed by atoms with E-state index in [1.165, 1.54) is 21.0 Å². The first-order valence-electron chi connectivity index (χ1n) is 7.32. The number of esters is 1. The molecule has 7 heteroatoms. The third kappa shape index (κ3) is 8.39. The largest absolute Gasteiger partial charge is 0.467 e. The van der Waals surface area contributed by atoms with Crippen LogP contribution < -0.4 is 10.6 Å². The first-order chi connectivity index (χ1) is 10.2. The highest BCUT2D eigenvalue weighted by molar-refractivity contribution is 5.90. The molecular formula is C15H26N2O5. The number of methoxy groups -OCH3 is 1. The van der Waals surface area contributed by atoms with Crippen molar-refractivity contribution in [1.82, 2.24) is 10.6 Å². The van der Waals surface area contributed by atoms with Crippen molar-refractivity contribution >= 4 is 23.6 Å². The van der Waals surface area contributed by atoms with Gasteiger partial charge in [-0.25, -0.2) is 4.79 Å². The summed E-state index contributed by atoms with van der Waals surface area (Å²) < 4.78 is 4.64. The van der Waals surface area contributed by atoms with E-state index in [9.17, 15) is 19.2 Å². The summed E-state index contributed by atoms with van der Waals surface area (Å²) in [5.41, 5.74) is 0. The van der Waals surface area contributed by atoms with Gasteiger partial charge in [-0.2, -0.15) is 0 Å². The lowest BCUT2D eigenvalue weighted by atomic mass is 10.0. The van der Waals surface area contributed by atoms with Gasteiger partial charge in [0.2, 0.25) is 11.8 Å². The predicted molar refractivity (Wildman–Crippen MR) is 80.9 cm³/mol. The average molecular weight is 314 g/mol. The maximum atomic E-state index is 12.3. The summed E-state index contributed by atoms with van der Waals surface area (Å²) in [5.74, 6) is -1.28.